The van der Waals surface area contributed by atoms with E-state index >= 15 is 0 Å². The van der Waals surface area contributed by atoms with Crippen LogP contribution in [-0.2, 0) is 4.79 Å². The first-order chi connectivity index (χ1) is 14.5. The van der Waals surface area contributed by atoms with E-state index in [1.807, 2.05) is 12.3 Å². The Balaban J connectivity index is 1.44. The molecular weight excluding hydrogens is 376 g/mol. The molecule has 1 saturated heterocycles. The Bertz CT molecular complexity index is 1000. The number of nitrogens with zero attached hydrogens (tertiary/aromatic N) is 3. The zero-order valence-corrected chi connectivity index (χ0v) is 17.7. The van der Waals surface area contributed by atoms with Crippen LogP contribution in [0.25, 0.3) is 11.0 Å². The quantitative estimate of drug-likeness (QED) is 0.584. The predicted octanol–water partition coefficient (Wildman–Crippen LogP) is 3.22. The minimum absolute atomic E-state index is 0.0112. The summed E-state index contributed by atoms with van der Waals surface area (Å²) in [5.41, 5.74) is 8.91. The van der Waals surface area contributed by atoms with Crippen molar-refractivity contribution in [1.29, 1.82) is 0 Å². The van der Waals surface area contributed by atoms with Crippen molar-refractivity contribution in [2.75, 3.05) is 18.0 Å². The Kier molecular flexibility index (Phi) is 5.72. The minimum atomic E-state index is -0.864. The van der Waals surface area contributed by atoms with Gasteiger partial charge in [-0.2, -0.15) is 0 Å². The van der Waals surface area contributed by atoms with Gasteiger partial charge in [0.05, 0.1) is 17.0 Å². The van der Waals surface area contributed by atoms with Crippen molar-refractivity contribution in [2.45, 2.75) is 51.1 Å². The summed E-state index contributed by atoms with van der Waals surface area (Å²) >= 11 is 0. The molecule has 1 amide bonds. The van der Waals surface area contributed by atoms with Gasteiger partial charge in [-0.25, -0.2) is 9.97 Å². The molecule has 1 aromatic carbocycles. The average Bonchev–Trinajstić information content (AvgIpc) is 3.24. The van der Waals surface area contributed by atoms with E-state index in [-0.39, 0.29) is 11.9 Å². The Hall–Kier alpha value is -2.93. The molecule has 2 aromatic heterocycles. The summed E-state index contributed by atoms with van der Waals surface area (Å²) < 4.78 is 0. The fourth-order valence-corrected chi connectivity index (χ4v) is 4.17. The van der Waals surface area contributed by atoms with Crippen molar-refractivity contribution >= 4 is 22.8 Å². The van der Waals surface area contributed by atoms with Gasteiger partial charge in [-0.15, -0.1) is 0 Å². The maximum Gasteiger partial charge on any atom is 0.240 e. The molecule has 7 heteroatoms. The minimum Gasteiger partial charge on any atom is -0.356 e. The zero-order valence-electron chi connectivity index (χ0n) is 17.7. The van der Waals surface area contributed by atoms with Crippen molar-refractivity contribution < 1.29 is 4.79 Å². The van der Waals surface area contributed by atoms with Crippen LogP contribution >= 0.6 is 0 Å². The number of benzene rings is 1. The van der Waals surface area contributed by atoms with E-state index in [2.05, 4.69) is 63.3 Å². The van der Waals surface area contributed by atoms with E-state index in [1.54, 1.807) is 6.33 Å². The summed E-state index contributed by atoms with van der Waals surface area (Å²) in [5, 5.41) is 4.23. The number of carbonyl (C=O) groups is 1. The molecule has 1 unspecified atom stereocenters. The van der Waals surface area contributed by atoms with Crippen LogP contribution < -0.4 is 16.0 Å². The Morgan fingerprint density at radius 1 is 1.23 bits per heavy atom. The number of amides is 1. The topological polar surface area (TPSA) is 99.9 Å². The van der Waals surface area contributed by atoms with Gasteiger partial charge in [-0.3, -0.25) is 4.79 Å². The summed E-state index contributed by atoms with van der Waals surface area (Å²) in [6.45, 7) is 5.57. The van der Waals surface area contributed by atoms with Crippen LogP contribution in [0.3, 0.4) is 0 Å². The standard InChI is InChI=1S/C23H30N6O/c1-3-4-19(17-7-5-16(2)6-8-17)28-22(30)23(24)10-13-29(14-11-23)21-18-9-12-25-20(18)26-15-27-21/h5-9,12,15,19H,3-4,10-11,13-14,24H2,1-2H3,(H,28,30)(H,25,26,27). The fourth-order valence-electron chi connectivity index (χ4n) is 4.17. The van der Waals surface area contributed by atoms with E-state index in [0.717, 1.165) is 35.3 Å². The molecule has 0 saturated carbocycles. The van der Waals surface area contributed by atoms with Crippen LogP contribution in [0.15, 0.2) is 42.9 Å². The van der Waals surface area contributed by atoms with E-state index in [4.69, 9.17) is 5.73 Å². The van der Waals surface area contributed by atoms with Gasteiger partial charge in [0.15, 0.2) is 0 Å². The highest BCUT2D eigenvalue weighted by Crippen LogP contribution is 2.29. The number of hydrogen-bond acceptors (Lipinski definition) is 5. The van der Waals surface area contributed by atoms with Crippen LogP contribution in [0.1, 0.15) is 49.8 Å². The van der Waals surface area contributed by atoms with Crippen LogP contribution in [0, 0.1) is 6.92 Å². The van der Waals surface area contributed by atoms with E-state index in [0.29, 0.717) is 25.9 Å². The van der Waals surface area contributed by atoms with E-state index in [1.165, 1.54) is 5.56 Å². The number of hydrogen-bond donors (Lipinski definition) is 3. The molecule has 0 spiro atoms. The maximum atomic E-state index is 13.2. The summed E-state index contributed by atoms with van der Waals surface area (Å²) in [6, 6.07) is 10.3. The molecule has 0 bridgehead atoms. The number of aryl methyl sites for hydroxylation is 1. The van der Waals surface area contributed by atoms with Gasteiger partial charge in [-0.1, -0.05) is 43.2 Å². The second-order valence-corrected chi connectivity index (χ2v) is 8.31. The number of rotatable bonds is 6. The highest BCUT2D eigenvalue weighted by Gasteiger charge is 2.39. The lowest BCUT2D eigenvalue weighted by atomic mass is 9.86. The summed E-state index contributed by atoms with van der Waals surface area (Å²) in [4.78, 5) is 27.2. The molecule has 0 aliphatic carbocycles. The van der Waals surface area contributed by atoms with Crippen molar-refractivity contribution in [1.82, 2.24) is 20.3 Å². The smallest absolute Gasteiger partial charge is 0.240 e. The average molecular weight is 407 g/mol. The Morgan fingerprint density at radius 2 is 1.97 bits per heavy atom. The van der Waals surface area contributed by atoms with Gasteiger partial charge >= 0.3 is 0 Å². The number of aromatic nitrogens is 3. The number of H-pyrrole nitrogens is 1. The van der Waals surface area contributed by atoms with Gasteiger partial charge < -0.3 is 20.9 Å². The third-order valence-corrected chi connectivity index (χ3v) is 6.10. The van der Waals surface area contributed by atoms with Crippen molar-refractivity contribution in [3.8, 4) is 0 Å². The molecule has 1 aliphatic rings. The molecular formula is C23H30N6O. The molecule has 4 N–H and O–H groups in total. The lowest BCUT2D eigenvalue weighted by Crippen LogP contribution is -2.60. The van der Waals surface area contributed by atoms with Crippen molar-refractivity contribution in [3.05, 3.63) is 54.0 Å². The summed E-state index contributed by atoms with van der Waals surface area (Å²) in [6.07, 6.45) is 6.49. The number of fused-ring (bicyclic) bond motifs is 1. The summed E-state index contributed by atoms with van der Waals surface area (Å²) in [5.74, 6) is 0.836. The molecule has 1 atom stereocenters. The van der Waals surface area contributed by atoms with E-state index in [9.17, 15) is 4.79 Å². The third kappa shape index (κ3) is 4.03. The van der Waals surface area contributed by atoms with Gasteiger partial charge in [-0.05, 0) is 37.8 Å². The second-order valence-electron chi connectivity index (χ2n) is 8.31. The van der Waals surface area contributed by atoms with Crippen LogP contribution in [0.4, 0.5) is 5.82 Å². The first-order valence-electron chi connectivity index (χ1n) is 10.7. The number of aromatic amines is 1. The first-order valence-corrected chi connectivity index (χ1v) is 10.7. The first kappa shape index (κ1) is 20.3. The van der Waals surface area contributed by atoms with Gasteiger partial charge in [0, 0.05) is 19.3 Å². The molecule has 7 nitrogen and oxygen atoms in total. The fraction of sp³-hybridized carbons (Fsp3) is 0.435. The zero-order chi connectivity index (χ0) is 21.1. The lowest BCUT2D eigenvalue weighted by molar-refractivity contribution is -0.128. The van der Waals surface area contributed by atoms with Crippen molar-refractivity contribution in [2.24, 2.45) is 5.73 Å². The lowest BCUT2D eigenvalue weighted by Gasteiger charge is -2.39. The van der Waals surface area contributed by atoms with Gasteiger partial charge in [0.25, 0.3) is 0 Å². The van der Waals surface area contributed by atoms with Gasteiger partial charge in [0.1, 0.15) is 17.8 Å². The molecule has 158 valence electrons. The van der Waals surface area contributed by atoms with Gasteiger partial charge in [0.2, 0.25) is 5.91 Å². The second kappa shape index (κ2) is 8.44. The van der Waals surface area contributed by atoms with E-state index < -0.39 is 5.54 Å². The third-order valence-electron chi connectivity index (χ3n) is 6.10. The highest BCUT2D eigenvalue weighted by molar-refractivity contribution is 5.89. The normalized spacial score (nSPS) is 17.1. The molecule has 1 fully saturated rings. The Labute approximate surface area is 177 Å². The van der Waals surface area contributed by atoms with Crippen molar-refractivity contribution in [3.63, 3.8) is 0 Å². The molecule has 3 heterocycles. The molecule has 30 heavy (non-hydrogen) atoms. The van der Waals surface area contributed by atoms with Crippen LogP contribution in [-0.4, -0.2) is 39.5 Å². The molecule has 0 radical (unpaired) electrons. The number of piperidine rings is 1. The molecule has 3 aromatic rings. The molecule has 4 rings (SSSR count). The number of nitrogens with one attached hydrogen (secondary N) is 2. The number of nitrogens with two attached hydrogens (primary N) is 1. The Morgan fingerprint density at radius 3 is 2.67 bits per heavy atom. The van der Waals surface area contributed by atoms with Crippen LogP contribution in [0.2, 0.25) is 0 Å². The largest absolute Gasteiger partial charge is 0.356 e. The predicted molar refractivity (Wildman–Crippen MR) is 119 cm³/mol. The molecule has 1 aliphatic heterocycles. The maximum absolute atomic E-state index is 13.2. The van der Waals surface area contributed by atoms with Crippen LogP contribution in [0.5, 0.6) is 0 Å². The number of anilines is 1. The summed E-state index contributed by atoms with van der Waals surface area (Å²) in [7, 11) is 0. The number of carbonyl (C=O) groups excluding carboxylic acids is 1. The SMILES string of the molecule is CCCC(NC(=O)C1(N)CCN(c2ncnc3[nH]ccc23)CC1)c1ccc(C)cc1. The highest BCUT2D eigenvalue weighted by atomic mass is 16.2. The monoisotopic (exact) mass is 406 g/mol.